The lowest BCUT2D eigenvalue weighted by atomic mass is 9.67. The van der Waals surface area contributed by atoms with Gasteiger partial charge in [-0.05, 0) is 57.9 Å². The van der Waals surface area contributed by atoms with Crippen molar-refractivity contribution in [3.8, 4) is 5.75 Å². The highest BCUT2D eigenvalue weighted by Crippen LogP contribution is 2.47. The Morgan fingerprint density at radius 2 is 1.63 bits per heavy atom. The molecular weight excluding hydrogens is 372 g/mol. The lowest BCUT2D eigenvalue weighted by molar-refractivity contribution is -0.0856. The lowest BCUT2D eigenvalue weighted by Crippen LogP contribution is -2.49. The van der Waals surface area contributed by atoms with Crippen molar-refractivity contribution in [3.05, 3.63) is 60.2 Å². The summed E-state index contributed by atoms with van der Waals surface area (Å²) in [5, 5.41) is 0. The predicted octanol–water partition coefficient (Wildman–Crippen LogP) is 4.73. The molecule has 2 aromatic carbocycles. The summed E-state index contributed by atoms with van der Waals surface area (Å²) < 4.78 is 11.9. The van der Waals surface area contributed by atoms with Gasteiger partial charge in [-0.2, -0.15) is 0 Å². The monoisotopic (exact) mass is 408 g/mol. The molecule has 0 amide bonds. The first-order chi connectivity index (χ1) is 14.5. The zero-order valence-electron chi connectivity index (χ0n) is 18.8. The number of benzene rings is 2. The van der Waals surface area contributed by atoms with Crippen LogP contribution in [0.25, 0.3) is 0 Å². The highest BCUT2D eigenvalue weighted by molar-refractivity contribution is 5.46. The molecule has 0 aliphatic carbocycles. The molecule has 0 spiro atoms. The molecule has 2 saturated heterocycles. The van der Waals surface area contributed by atoms with E-state index in [1.54, 1.807) is 7.11 Å². The Morgan fingerprint density at radius 3 is 2.33 bits per heavy atom. The van der Waals surface area contributed by atoms with Crippen molar-refractivity contribution in [1.82, 2.24) is 4.90 Å². The zero-order chi connectivity index (χ0) is 21.0. The average Bonchev–Trinajstić information content (AvgIpc) is 2.78. The normalized spacial score (nSPS) is 24.6. The van der Waals surface area contributed by atoms with Crippen LogP contribution in [0.1, 0.15) is 38.7 Å². The molecule has 2 aromatic rings. The van der Waals surface area contributed by atoms with E-state index >= 15 is 0 Å². The van der Waals surface area contributed by atoms with E-state index in [0.29, 0.717) is 0 Å². The van der Waals surface area contributed by atoms with Gasteiger partial charge in [-0.25, -0.2) is 0 Å². The number of methoxy groups -OCH3 is 1. The van der Waals surface area contributed by atoms with E-state index in [9.17, 15) is 0 Å². The summed E-state index contributed by atoms with van der Waals surface area (Å²) in [4.78, 5) is 5.14. The van der Waals surface area contributed by atoms with Crippen LogP contribution in [0.2, 0.25) is 0 Å². The van der Waals surface area contributed by atoms with E-state index in [2.05, 4.69) is 78.2 Å². The number of ether oxygens (including phenoxy) is 2. The fraction of sp³-hybridized carbons (Fsp3) is 0.538. The van der Waals surface area contributed by atoms with Crippen molar-refractivity contribution in [1.29, 1.82) is 0 Å². The van der Waals surface area contributed by atoms with Crippen LogP contribution in [0, 0.1) is 0 Å². The van der Waals surface area contributed by atoms with Crippen LogP contribution < -0.4 is 9.64 Å². The third-order valence-corrected chi connectivity index (χ3v) is 6.92. The molecule has 162 valence electrons. The van der Waals surface area contributed by atoms with Gasteiger partial charge in [-0.3, -0.25) is 4.90 Å². The predicted molar refractivity (Wildman–Crippen MR) is 124 cm³/mol. The summed E-state index contributed by atoms with van der Waals surface area (Å²) in [6.07, 6.45) is 3.23. The molecule has 4 rings (SSSR count). The summed E-state index contributed by atoms with van der Waals surface area (Å²) in [6.45, 7) is 10.8. The summed E-state index contributed by atoms with van der Waals surface area (Å²) >= 11 is 0. The molecule has 2 aliphatic heterocycles. The number of piperazine rings is 1. The summed E-state index contributed by atoms with van der Waals surface area (Å²) in [6, 6.07) is 19.4. The Hall–Kier alpha value is -2.04. The third kappa shape index (κ3) is 4.65. The van der Waals surface area contributed by atoms with E-state index in [1.807, 2.05) is 0 Å². The van der Waals surface area contributed by atoms with Gasteiger partial charge < -0.3 is 14.4 Å². The number of nitrogens with zero attached hydrogens (tertiary/aromatic N) is 2. The first-order valence-electron chi connectivity index (χ1n) is 11.3. The molecule has 0 saturated carbocycles. The molecular formula is C26H36N2O2. The van der Waals surface area contributed by atoms with Crippen LogP contribution >= 0.6 is 0 Å². The minimum absolute atomic E-state index is 0.102. The number of hydrogen-bond acceptors (Lipinski definition) is 4. The maximum absolute atomic E-state index is 6.11. The molecule has 0 unspecified atom stereocenters. The fourth-order valence-corrected chi connectivity index (χ4v) is 5.38. The SMILES string of the molecule is COc1ccccc1[C@]1(CCN2CCN(c3ccccc3)CC2)CCOC(C)(C)C1. The summed E-state index contributed by atoms with van der Waals surface area (Å²) in [7, 11) is 1.79. The van der Waals surface area contributed by atoms with Gasteiger partial charge in [-0.15, -0.1) is 0 Å². The van der Waals surface area contributed by atoms with Crippen molar-refractivity contribution in [2.75, 3.05) is 51.3 Å². The number of para-hydroxylation sites is 2. The molecule has 0 N–H and O–H groups in total. The molecule has 2 fully saturated rings. The van der Waals surface area contributed by atoms with Gasteiger partial charge in [0.15, 0.2) is 0 Å². The first-order valence-corrected chi connectivity index (χ1v) is 11.3. The molecule has 4 nitrogen and oxygen atoms in total. The minimum atomic E-state index is -0.106. The van der Waals surface area contributed by atoms with E-state index in [-0.39, 0.29) is 11.0 Å². The van der Waals surface area contributed by atoms with Gasteiger partial charge in [0.1, 0.15) is 5.75 Å². The van der Waals surface area contributed by atoms with Crippen molar-refractivity contribution in [3.63, 3.8) is 0 Å². The molecule has 0 radical (unpaired) electrons. The Labute approximate surface area is 181 Å². The van der Waals surface area contributed by atoms with Crippen molar-refractivity contribution < 1.29 is 9.47 Å². The minimum Gasteiger partial charge on any atom is -0.496 e. The molecule has 0 aromatic heterocycles. The Kier molecular flexibility index (Phi) is 6.35. The van der Waals surface area contributed by atoms with E-state index < -0.39 is 0 Å². The second-order valence-corrected chi connectivity index (χ2v) is 9.43. The van der Waals surface area contributed by atoms with Crippen LogP contribution in [0.15, 0.2) is 54.6 Å². The Balaban J connectivity index is 1.46. The standard InChI is InChI=1S/C26H36N2O2/c1-25(2)21-26(14-20-30-25,23-11-7-8-12-24(23)29-3)13-15-27-16-18-28(19-17-27)22-9-5-4-6-10-22/h4-12H,13-21H2,1-3H3/t26-/m1/s1. The molecule has 0 bridgehead atoms. The van der Waals surface area contributed by atoms with Crippen molar-refractivity contribution in [2.45, 2.75) is 44.1 Å². The van der Waals surface area contributed by atoms with Gasteiger partial charge in [0.25, 0.3) is 0 Å². The number of rotatable bonds is 6. The van der Waals surface area contributed by atoms with Gasteiger partial charge in [0.05, 0.1) is 12.7 Å². The smallest absolute Gasteiger partial charge is 0.122 e. The number of hydrogen-bond donors (Lipinski definition) is 0. The topological polar surface area (TPSA) is 24.9 Å². The Morgan fingerprint density at radius 1 is 0.933 bits per heavy atom. The Bertz CT molecular complexity index is 815. The highest BCUT2D eigenvalue weighted by Gasteiger charge is 2.43. The molecule has 2 heterocycles. The third-order valence-electron chi connectivity index (χ3n) is 6.92. The zero-order valence-corrected chi connectivity index (χ0v) is 18.8. The van der Waals surface area contributed by atoms with Crippen LogP contribution in [0.4, 0.5) is 5.69 Å². The van der Waals surface area contributed by atoms with Gasteiger partial charge >= 0.3 is 0 Å². The van der Waals surface area contributed by atoms with Crippen molar-refractivity contribution >= 4 is 5.69 Å². The highest BCUT2D eigenvalue weighted by atomic mass is 16.5. The molecule has 4 heteroatoms. The quantitative estimate of drug-likeness (QED) is 0.690. The largest absolute Gasteiger partial charge is 0.496 e. The second-order valence-electron chi connectivity index (χ2n) is 9.43. The van der Waals surface area contributed by atoms with E-state index in [0.717, 1.165) is 64.3 Å². The van der Waals surface area contributed by atoms with Crippen LogP contribution in [-0.2, 0) is 10.2 Å². The first kappa shape index (κ1) is 21.2. The molecule has 30 heavy (non-hydrogen) atoms. The average molecular weight is 409 g/mol. The van der Waals surface area contributed by atoms with Gasteiger partial charge in [0.2, 0.25) is 0 Å². The van der Waals surface area contributed by atoms with E-state index in [1.165, 1.54) is 11.3 Å². The maximum Gasteiger partial charge on any atom is 0.122 e. The van der Waals surface area contributed by atoms with E-state index in [4.69, 9.17) is 9.47 Å². The maximum atomic E-state index is 6.11. The summed E-state index contributed by atoms with van der Waals surface area (Å²) in [5.74, 6) is 1.02. The van der Waals surface area contributed by atoms with Crippen LogP contribution in [-0.4, -0.2) is 56.9 Å². The fourth-order valence-electron chi connectivity index (χ4n) is 5.38. The molecule has 1 atom stereocenters. The van der Waals surface area contributed by atoms with Crippen LogP contribution in [0.5, 0.6) is 5.75 Å². The number of anilines is 1. The van der Waals surface area contributed by atoms with Crippen molar-refractivity contribution in [2.24, 2.45) is 0 Å². The summed E-state index contributed by atoms with van der Waals surface area (Å²) in [5.41, 5.74) is 2.69. The van der Waals surface area contributed by atoms with Crippen LogP contribution in [0.3, 0.4) is 0 Å². The lowest BCUT2D eigenvalue weighted by Gasteiger charge is -2.47. The second kappa shape index (κ2) is 8.99. The van der Waals surface area contributed by atoms with Gasteiger partial charge in [-0.1, -0.05) is 36.4 Å². The van der Waals surface area contributed by atoms with Gasteiger partial charge in [0, 0.05) is 49.5 Å². The molecule has 2 aliphatic rings.